The zero-order valence-corrected chi connectivity index (χ0v) is 11.2. The second kappa shape index (κ2) is 5.52. The first-order valence-electron chi connectivity index (χ1n) is 5.98. The van der Waals surface area contributed by atoms with Crippen LogP contribution in [0.1, 0.15) is 21.5 Å². The zero-order valence-electron chi connectivity index (χ0n) is 11.2. The summed E-state index contributed by atoms with van der Waals surface area (Å²) in [6.45, 7) is 1.97. The number of amides is 1. The van der Waals surface area contributed by atoms with Gasteiger partial charge in [-0.25, -0.2) is 0 Å². The summed E-state index contributed by atoms with van der Waals surface area (Å²) < 4.78 is 0. The van der Waals surface area contributed by atoms with E-state index in [-0.39, 0.29) is 11.6 Å². The van der Waals surface area contributed by atoms with Gasteiger partial charge in [0, 0.05) is 42.5 Å². The molecule has 2 rings (SSSR count). The number of nitro benzene ring substituents is 1. The molecule has 0 fully saturated rings. The first-order chi connectivity index (χ1) is 9.50. The maximum absolute atomic E-state index is 12.3. The number of hydrogen-bond donors (Lipinski definition) is 1. The molecule has 0 saturated carbocycles. The van der Waals surface area contributed by atoms with Crippen molar-refractivity contribution in [3.63, 3.8) is 0 Å². The Labute approximate surface area is 115 Å². The third-order valence-electron chi connectivity index (χ3n) is 3.05. The van der Waals surface area contributed by atoms with E-state index in [1.54, 1.807) is 32.4 Å². The molecule has 1 N–H and O–H groups in total. The van der Waals surface area contributed by atoms with Crippen molar-refractivity contribution in [3.05, 3.63) is 57.4 Å². The Hall–Kier alpha value is -2.70. The molecule has 104 valence electrons. The third kappa shape index (κ3) is 2.66. The lowest BCUT2D eigenvalue weighted by Gasteiger charge is -2.17. The summed E-state index contributed by atoms with van der Waals surface area (Å²) >= 11 is 0. The number of aromatic nitrogens is 2. The lowest BCUT2D eigenvalue weighted by atomic mass is 10.1. The molecular weight excluding hydrogens is 260 g/mol. The molecule has 1 aromatic carbocycles. The Morgan fingerprint density at radius 1 is 1.50 bits per heavy atom. The van der Waals surface area contributed by atoms with Crippen LogP contribution in [-0.4, -0.2) is 33.0 Å². The van der Waals surface area contributed by atoms with E-state index in [1.807, 2.05) is 0 Å². The van der Waals surface area contributed by atoms with E-state index in [1.165, 1.54) is 17.0 Å². The van der Waals surface area contributed by atoms with Gasteiger partial charge in [-0.3, -0.25) is 20.0 Å². The molecule has 0 unspecified atom stereocenters. The zero-order chi connectivity index (χ0) is 14.7. The van der Waals surface area contributed by atoms with Gasteiger partial charge in [0.1, 0.15) is 0 Å². The normalized spacial score (nSPS) is 10.3. The van der Waals surface area contributed by atoms with E-state index < -0.39 is 4.92 Å². The lowest BCUT2D eigenvalue weighted by Crippen LogP contribution is -2.26. The fraction of sp³-hybridized carbons (Fsp3) is 0.231. The fourth-order valence-corrected chi connectivity index (χ4v) is 1.97. The van der Waals surface area contributed by atoms with Crippen molar-refractivity contribution in [3.8, 4) is 0 Å². The fourth-order valence-electron chi connectivity index (χ4n) is 1.97. The summed E-state index contributed by atoms with van der Waals surface area (Å²) in [5.41, 5.74) is 1.53. The molecule has 0 spiro atoms. The first-order valence-corrected chi connectivity index (χ1v) is 5.98. The van der Waals surface area contributed by atoms with Gasteiger partial charge in [0.2, 0.25) is 0 Å². The monoisotopic (exact) mass is 274 g/mol. The van der Waals surface area contributed by atoms with Gasteiger partial charge in [-0.15, -0.1) is 0 Å². The predicted octanol–water partition coefficient (Wildman–Crippen LogP) is 1.90. The topological polar surface area (TPSA) is 92.1 Å². The smallest absolute Gasteiger partial charge is 0.273 e. The maximum atomic E-state index is 12.3. The van der Waals surface area contributed by atoms with Gasteiger partial charge in [-0.1, -0.05) is 6.07 Å². The SMILES string of the molecule is Cc1c(C(=O)N(C)Cc2cn[nH]c2)cccc1[N+](=O)[O-]. The number of nitrogens with one attached hydrogen (secondary N) is 1. The van der Waals surface area contributed by atoms with E-state index in [9.17, 15) is 14.9 Å². The summed E-state index contributed by atoms with van der Waals surface area (Å²) in [6, 6.07) is 4.50. The van der Waals surface area contributed by atoms with Crippen LogP contribution in [0.3, 0.4) is 0 Å². The average Bonchev–Trinajstić information content (AvgIpc) is 2.90. The molecule has 7 nitrogen and oxygen atoms in total. The summed E-state index contributed by atoms with van der Waals surface area (Å²) in [5.74, 6) is -0.257. The Morgan fingerprint density at radius 2 is 2.25 bits per heavy atom. The number of carbonyl (C=O) groups excluding carboxylic acids is 1. The predicted molar refractivity (Wildman–Crippen MR) is 72.2 cm³/mol. The minimum Gasteiger partial charge on any atom is -0.337 e. The van der Waals surface area contributed by atoms with Crippen LogP contribution in [-0.2, 0) is 6.54 Å². The molecule has 1 aromatic heterocycles. The van der Waals surface area contributed by atoms with Gasteiger partial charge >= 0.3 is 0 Å². The molecule has 20 heavy (non-hydrogen) atoms. The summed E-state index contributed by atoms with van der Waals surface area (Å²) in [4.78, 5) is 24.2. The summed E-state index contributed by atoms with van der Waals surface area (Å²) in [5, 5.41) is 17.4. The number of nitro groups is 1. The number of hydrogen-bond acceptors (Lipinski definition) is 4. The maximum Gasteiger partial charge on any atom is 0.273 e. The van der Waals surface area contributed by atoms with Gasteiger partial charge in [0.25, 0.3) is 11.6 Å². The molecule has 0 aliphatic rings. The van der Waals surface area contributed by atoms with Crippen LogP contribution in [0.5, 0.6) is 0 Å². The van der Waals surface area contributed by atoms with E-state index in [0.29, 0.717) is 17.7 Å². The van der Waals surface area contributed by atoms with Crippen molar-refractivity contribution in [1.82, 2.24) is 15.1 Å². The summed E-state index contributed by atoms with van der Waals surface area (Å²) in [6.07, 6.45) is 3.33. The van der Waals surface area contributed by atoms with Crippen LogP contribution < -0.4 is 0 Å². The van der Waals surface area contributed by atoms with Gasteiger partial charge in [0.15, 0.2) is 0 Å². The number of carbonyl (C=O) groups is 1. The first kappa shape index (κ1) is 13.7. The van der Waals surface area contributed by atoms with Crippen LogP contribution in [0.25, 0.3) is 0 Å². The van der Waals surface area contributed by atoms with Gasteiger partial charge < -0.3 is 4.90 Å². The van der Waals surface area contributed by atoms with Crippen molar-refractivity contribution >= 4 is 11.6 Å². The van der Waals surface area contributed by atoms with Crippen LogP contribution in [0.4, 0.5) is 5.69 Å². The number of benzene rings is 1. The van der Waals surface area contributed by atoms with Crippen molar-refractivity contribution in [1.29, 1.82) is 0 Å². The van der Waals surface area contributed by atoms with Crippen molar-refractivity contribution < 1.29 is 9.72 Å². The highest BCUT2D eigenvalue weighted by Crippen LogP contribution is 2.22. The molecular formula is C13H14N4O3. The average molecular weight is 274 g/mol. The molecule has 0 bridgehead atoms. The molecule has 1 amide bonds. The molecule has 7 heteroatoms. The molecule has 1 heterocycles. The minimum absolute atomic E-state index is 0.0486. The Balaban J connectivity index is 2.25. The van der Waals surface area contributed by atoms with Crippen LogP contribution in [0.2, 0.25) is 0 Å². The number of H-pyrrole nitrogens is 1. The van der Waals surface area contributed by atoms with Crippen LogP contribution in [0, 0.1) is 17.0 Å². The Bertz CT molecular complexity index is 637. The van der Waals surface area contributed by atoms with Crippen LogP contribution in [0.15, 0.2) is 30.6 Å². The van der Waals surface area contributed by atoms with Crippen molar-refractivity contribution in [2.24, 2.45) is 0 Å². The minimum atomic E-state index is -0.484. The van der Waals surface area contributed by atoms with E-state index in [4.69, 9.17) is 0 Å². The second-order valence-corrected chi connectivity index (χ2v) is 4.47. The Morgan fingerprint density at radius 3 is 2.85 bits per heavy atom. The lowest BCUT2D eigenvalue weighted by molar-refractivity contribution is -0.385. The largest absolute Gasteiger partial charge is 0.337 e. The molecule has 0 radical (unpaired) electrons. The standard InChI is InChI=1S/C13H14N4O3/c1-9-11(4-3-5-12(9)17(19)20)13(18)16(2)8-10-6-14-15-7-10/h3-7H,8H2,1-2H3,(H,14,15). The quantitative estimate of drug-likeness (QED) is 0.680. The number of aromatic amines is 1. The highest BCUT2D eigenvalue weighted by molar-refractivity contribution is 5.96. The van der Waals surface area contributed by atoms with E-state index >= 15 is 0 Å². The van der Waals surface area contributed by atoms with Gasteiger partial charge in [0.05, 0.1) is 11.1 Å². The van der Waals surface area contributed by atoms with Crippen molar-refractivity contribution in [2.45, 2.75) is 13.5 Å². The summed E-state index contributed by atoms with van der Waals surface area (Å²) in [7, 11) is 1.65. The highest BCUT2D eigenvalue weighted by Gasteiger charge is 2.20. The van der Waals surface area contributed by atoms with Crippen LogP contribution >= 0.6 is 0 Å². The molecule has 0 aliphatic carbocycles. The second-order valence-electron chi connectivity index (χ2n) is 4.47. The van der Waals surface area contributed by atoms with Gasteiger partial charge in [-0.2, -0.15) is 5.10 Å². The van der Waals surface area contributed by atoms with E-state index in [2.05, 4.69) is 10.2 Å². The highest BCUT2D eigenvalue weighted by atomic mass is 16.6. The number of rotatable bonds is 4. The molecule has 0 atom stereocenters. The third-order valence-corrected chi connectivity index (χ3v) is 3.05. The Kier molecular flexibility index (Phi) is 3.79. The number of nitrogens with zero attached hydrogens (tertiary/aromatic N) is 3. The molecule has 0 saturated heterocycles. The molecule has 2 aromatic rings. The van der Waals surface area contributed by atoms with E-state index in [0.717, 1.165) is 5.56 Å². The van der Waals surface area contributed by atoms with Crippen molar-refractivity contribution in [2.75, 3.05) is 7.05 Å². The van der Waals surface area contributed by atoms with Gasteiger partial charge in [-0.05, 0) is 13.0 Å². The molecule has 0 aliphatic heterocycles.